The number of ether oxygens (including phenoxy) is 2. The maximum atomic E-state index is 11.0. The molecule has 0 amide bonds. The van der Waals surface area contributed by atoms with Crippen LogP contribution in [0.4, 0.5) is 5.69 Å². The Hall–Kier alpha value is -3.51. The summed E-state index contributed by atoms with van der Waals surface area (Å²) < 4.78 is 11.2. The van der Waals surface area contributed by atoms with Crippen LogP contribution < -0.4 is 14.9 Å². The van der Waals surface area contributed by atoms with Crippen molar-refractivity contribution >= 4 is 29.5 Å². The molecule has 3 rings (SSSR count). The molecule has 0 bridgehead atoms. The van der Waals surface area contributed by atoms with Crippen LogP contribution in [0.3, 0.4) is 0 Å². The summed E-state index contributed by atoms with van der Waals surface area (Å²) in [7, 11) is 1.58. The predicted octanol–water partition coefficient (Wildman–Crippen LogP) is 5.07. The molecule has 0 spiro atoms. The number of rotatable bonds is 8. The van der Waals surface area contributed by atoms with Gasteiger partial charge < -0.3 is 14.6 Å². The van der Waals surface area contributed by atoms with Crippen LogP contribution in [-0.4, -0.2) is 24.4 Å². The number of benzene rings is 3. The van der Waals surface area contributed by atoms with Crippen LogP contribution >= 0.6 is 11.6 Å². The van der Waals surface area contributed by atoms with Crippen molar-refractivity contribution < 1.29 is 19.4 Å². The molecule has 3 aromatic rings. The number of aromatic carboxylic acids is 1. The molecule has 0 aliphatic carbocycles. The lowest BCUT2D eigenvalue weighted by molar-refractivity contribution is 0.0697. The number of nitrogens with one attached hydrogen (secondary N) is 1. The van der Waals surface area contributed by atoms with Crippen molar-refractivity contribution in [1.82, 2.24) is 0 Å². The first kappa shape index (κ1) is 20.2. The van der Waals surface area contributed by atoms with E-state index < -0.39 is 5.97 Å². The Morgan fingerprint density at radius 1 is 1.10 bits per heavy atom. The molecule has 0 heterocycles. The molecule has 0 aliphatic rings. The highest BCUT2D eigenvalue weighted by molar-refractivity contribution is 6.30. The number of carbonyl (C=O) groups is 1. The number of carboxylic acid groups (broad SMARTS) is 1. The van der Waals surface area contributed by atoms with Crippen LogP contribution in [0, 0.1) is 0 Å². The maximum absolute atomic E-state index is 11.0. The molecule has 0 fully saturated rings. The Bertz CT molecular complexity index is 1020. The van der Waals surface area contributed by atoms with E-state index in [4.69, 9.17) is 26.2 Å². The average molecular weight is 411 g/mol. The van der Waals surface area contributed by atoms with Crippen LogP contribution in [0.25, 0.3) is 0 Å². The lowest BCUT2D eigenvalue weighted by Gasteiger charge is -2.11. The highest BCUT2D eigenvalue weighted by atomic mass is 35.5. The van der Waals surface area contributed by atoms with Gasteiger partial charge in [0.2, 0.25) is 0 Å². The minimum atomic E-state index is -0.990. The summed E-state index contributed by atoms with van der Waals surface area (Å²) in [4.78, 5) is 11.0. The van der Waals surface area contributed by atoms with Crippen molar-refractivity contribution in [2.24, 2.45) is 5.10 Å². The number of hydrogen-bond donors (Lipinski definition) is 2. The van der Waals surface area contributed by atoms with E-state index in [1.165, 1.54) is 12.1 Å². The fourth-order valence-corrected chi connectivity index (χ4v) is 2.66. The van der Waals surface area contributed by atoms with E-state index in [2.05, 4.69) is 10.5 Å². The molecule has 0 aromatic heterocycles. The Balaban J connectivity index is 1.69. The zero-order chi connectivity index (χ0) is 20.6. The second-order valence-electron chi connectivity index (χ2n) is 6.08. The van der Waals surface area contributed by atoms with Gasteiger partial charge in [0.25, 0.3) is 0 Å². The lowest BCUT2D eigenvalue weighted by Crippen LogP contribution is -1.99. The first-order valence-electron chi connectivity index (χ1n) is 8.73. The summed E-state index contributed by atoms with van der Waals surface area (Å²) in [5.41, 5.74) is 5.36. The van der Waals surface area contributed by atoms with E-state index >= 15 is 0 Å². The number of carboxylic acids is 1. The van der Waals surface area contributed by atoms with Gasteiger partial charge in [0.15, 0.2) is 11.5 Å². The third-order valence-electron chi connectivity index (χ3n) is 4.01. The third-order valence-corrected chi connectivity index (χ3v) is 4.26. The number of anilines is 1. The minimum Gasteiger partial charge on any atom is -0.493 e. The predicted molar refractivity (Wildman–Crippen MR) is 113 cm³/mol. The number of nitrogens with zero attached hydrogens (tertiary/aromatic N) is 1. The van der Waals surface area contributed by atoms with Crippen LogP contribution in [0.1, 0.15) is 21.5 Å². The Morgan fingerprint density at radius 2 is 1.90 bits per heavy atom. The standard InChI is InChI=1S/C22H19ClN2O4/c1-28-20-10-7-16(11-21(20)29-14-15-5-8-18(23)9-6-15)13-24-25-19-4-2-3-17(12-19)22(26)27/h2-13,25H,14H2,1H3,(H,26,27). The summed E-state index contributed by atoms with van der Waals surface area (Å²) in [5.74, 6) is 0.202. The van der Waals surface area contributed by atoms with Gasteiger partial charge in [-0.1, -0.05) is 29.8 Å². The SMILES string of the molecule is COc1ccc(C=NNc2cccc(C(=O)O)c2)cc1OCc1ccc(Cl)cc1. The highest BCUT2D eigenvalue weighted by Crippen LogP contribution is 2.28. The van der Waals surface area contributed by atoms with Crippen molar-refractivity contribution in [3.63, 3.8) is 0 Å². The van der Waals surface area contributed by atoms with Crippen LogP contribution in [-0.2, 0) is 6.61 Å². The van der Waals surface area contributed by atoms with Gasteiger partial charge >= 0.3 is 5.97 Å². The summed E-state index contributed by atoms with van der Waals surface area (Å²) in [6.45, 7) is 0.369. The second kappa shape index (κ2) is 9.61. The first-order valence-corrected chi connectivity index (χ1v) is 9.10. The molecule has 148 valence electrons. The number of halogens is 1. The molecular formula is C22H19ClN2O4. The quantitative estimate of drug-likeness (QED) is 0.400. The van der Waals surface area contributed by atoms with E-state index in [1.807, 2.05) is 36.4 Å². The number of hydrogen-bond acceptors (Lipinski definition) is 5. The van der Waals surface area contributed by atoms with Gasteiger partial charge in [-0.3, -0.25) is 5.43 Å². The molecule has 0 aliphatic heterocycles. The van der Waals surface area contributed by atoms with E-state index in [1.54, 1.807) is 31.5 Å². The average Bonchev–Trinajstić information content (AvgIpc) is 2.73. The topological polar surface area (TPSA) is 80.2 Å². The van der Waals surface area contributed by atoms with E-state index in [0.717, 1.165) is 11.1 Å². The molecule has 2 N–H and O–H groups in total. The molecule has 6 nitrogen and oxygen atoms in total. The molecule has 3 aromatic carbocycles. The molecule has 0 radical (unpaired) electrons. The van der Waals surface area contributed by atoms with Crippen molar-refractivity contribution in [1.29, 1.82) is 0 Å². The molecular weight excluding hydrogens is 392 g/mol. The summed E-state index contributed by atoms with van der Waals surface area (Å²) in [6, 6.07) is 19.3. The lowest BCUT2D eigenvalue weighted by atomic mass is 10.2. The fraction of sp³-hybridized carbons (Fsp3) is 0.0909. The van der Waals surface area contributed by atoms with Crippen molar-refractivity contribution in [3.05, 3.63) is 88.4 Å². The van der Waals surface area contributed by atoms with Gasteiger partial charge in [-0.25, -0.2) is 4.79 Å². The van der Waals surface area contributed by atoms with Crippen LogP contribution in [0.5, 0.6) is 11.5 Å². The summed E-state index contributed by atoms with van der Waals surface area (Å²) in [6.07, 6.45) is 1.61. The first-order chi connectivity index (χ1) is 14.0. The normalized spacial score (nSPS) is 10.7. The van der Waals surface area contributed by atoms with Crippen LogP contribution in [0.2, 0.25) is 5.02 Å². The van der Waals surface area contributed by atoms with E-state index in [0.29, 0.717) is 28.8 Å². The molecule has 29 heavy (non-hydrogen) atoms. The van der Waals surface area contributed by atoms with Gasteiger partial charge in [0, 0.05) is 5.02 Å². The monoisotopic (exact) mass is 410 g/mol. The fourth-order valence-electron chi connectivity index (χ4n) is 2.53. The molecule has 0 unspecified atom stereocenters. The molecule has 0 atom stereocenters. The second-order valence-corrected chi connectivity index (χ2v) is 6.52. The van der Waals surface area contributed by atoms with Crippen molar-refractivity contribution in [2.75, 3.05) is 12.5 Å². The Labute approximate surface area is 173 Å². The zero-order valence-electron chi connectivity index (χ0n) is 15.6. The highest BCUT2D eigenvalue weighted by Gasteiger charge is 2.06. The van der Waals surface area contributed by atoms with E-state index in [-0.39, 0.29) is 5.56 Å². The third kappa shape index (κ3) is 5.73. The molecule has 0 saturated carbocycles. The van der Waals surface area contributed by atoms with Crippen molar-refractivity contribution in [3.8, 4) is 11.5 Å². The Morgan fingerprint density at radius 3 is 2.62 bits per heavy atom. The van der Waals surface area contributed by atoms with Gasteiger partial charge in [-0.15, -0.1) is 0 Å². The minimum absolute atomic E-state index is 0.188. The molecule has 7 heteroatoms. The summed E-state index contributed by atoms with van der Waals surface area (Å²) in [5, 5.41) is 13.9. The smallest absolute Gasteiger partial charge is 0.335 e. The van der Waals surface area contributed by atoms with E-state index in [9.17, 15) is 4.79 Å². The largest absolute Gasteiger partial charge is 0.493 e. The van der Waals surface area contributed by atoms with Gasteiger partial charge in [0.05, 0.1) is 24.6 Å². The maximum Gasteiger partial charge on any atom is 0.335 e. The number of methoxy groups -OCH3 is 1. The summed E-state index contributed by atoms with van der Waals surface area (Å²) >= 11 is 5.90. The van der Waals surface area contributed by atoms with Crippen molar-refractivity contribution in [2.45, 2.75) is 6.61 Å². The van der Waals surface area contributed by atoms with Gasteiger partial charge in [-0.05, 0) is 59.7 Å². The number of hydrazone groups is 1. The van der Waals surface area contributed by atoms with Gasteiger partial charge in [0.1, 0.15) is 6.61 Å². The zero-order valence-corrected chi connectivity index (χ0v) is 16.4. The molecule has 0 saturated heterocycles. The van der Waals surface area contributed by atoms with Crippen LogP contribution in [0.15, 0.2) is 71.8 Å². The Kier molecular flexibility index (Phi) is 6.71. The van der Waals surface area contributed by atoms with Gasteiger partial charge in [-0.2, -0.15) is 5.10 Å².